The largest absolute Gasteiger partial charge is 0.478 e. The summed E-state index contributed by atoms with van der Waals surface area (Å²) >= 11 is 0. The highest BCUT2D eigenvalue weighted by molar-refractivity contribution is 5.81. The quantitative estimate of drug-likeness (QED) is 0.275. The molecule has 0 spiro atoms. The molecule has 0 aliphatic rings. The Morgan fingerprint density at radius 2 is 1.62 bits per heavy atom. The normalized spacial score (nSPS) is 8.33. The molecule has 0 radical (unpaired) electrons. The summed E-state index contributed by atoms with van der Waals surface area (Å²) in [5.74, 6) is -1.31. The molecule has 7 heteroatoms. The van der Waals surface area contributed by atoms with E-state index in [4.69, 9.17) is 15.3 Å². The van der Waals surface area contributed by atoms with Gasteiger partial charge >= 0.3 is 11.9 Å². The summed E-state index contributed by atoms with van der Waals surface area (Å²) < 4.78 is 4.67. The zero-order valence-electron chi connectivity index (χ0n) is 12.6. The van der Waals surface area contributed by atoms with Crippen LogP contribution < -0.4 is 5.32 Å². The number of carboxylic acid groups (broad SMARTS) is 1. The maximum Gasteiger partial charge on any atom is 0.330 e. The molecule has 0 fully saturated rings. The fraction of sp³-hybridized carbons (Fsp3) is 0.571. The van der Waals surface area contributed by atoms with Gasteiger partial charge < -0.3 is 25.4 Å². The van der Waals surface area contributed by atoms with Gasteiger partial charge in [0.2, 0.25) is 0 Å². The first-order valence-electron chi connectivity index (χ1n) is 6.57. The third-order valence-corrected chi connectivity index (χ3v) is 1.66. The van der Waals surface area contributed by atoms with E-state index in [1.165, 1.54) is 6.08 Å². The second-order valence-corrected chi connectivity index (χ2v) is 3.46. The predicted molar refractivity (Wildman–Crippen MR) is 80.9 cm³/mol. The monoisotopic (exact) mass is 305 g/mol. The number of carboxylic acids is 1. The van der Waals surface area contributed by atoms with E-state index in [9.17, 15) is 9.59 Å². The second kappa shape index (κ2) is 23.4. The fourth-order valence-corrected chi connectivity index (χ4v) is 0.659. The molecule has 0 saturated carbocycles. The maximum absolute atomic E-state index is 10.3. The number of unbranched alkanes of at least 4 members (excludes halogenated alkanes) is 1. The van der Waals surface area contributed by atoms with Gasteiger partial charge in [0.05, 0.1) is 19.8 Å². The number of esters is 1. The highest BCUT2D eigenvalue weighted by atomic mass is 16.5. The van der Waals surface area contributed by atoms with Crippen LogP contribution in [-0.2, 0) is 14.3 Å². The Morgan fingerprint density at radius 1 is 1.14 bits per heavy atom. The van der Waals surface area contributed by atoms with Gasteiger partial charge in [-0.2, -0.15) is 0 Å². The van der Waals surface area contributed by atoms with Gasteiger partial charge in [0.1, 0.15) is 0 Å². The summed E-state index contributed by atoms with van der Waals surface area (Å²) in [6, 6.07) is 0. The molecule has 0 aromatic rings. The van der Waals surface area contributed by atoms with E-state index in [1.807, 2.05) is 6.92 Å². The Morgan fingerprint density at radius 3 is 1.90 bits per heavy atom. The van der Waals surface area contributed by atoms with Gasteiger partial charge in [-0.05, 0) is 6.42 Å². The van der Waals surface area contributed by atoms with Crippen molar-refractivity contribution in [2.24, 2.45) is 0 Å². The fourth-order valence-electron chi connectivity index (χ4n) is 0.659. The maximum atomic E-state index is 10.3. The molecule has 7 nitrogen and oxygen atoms in total. The van der Waals surface area contributed by atoms with Crippen molar-refractivity contribution in [3.05, 3.63) is 25.3 Å². The first-order valence-corrected chi connectivity index (χ1v) is 6.57. The number of carbonyl (C=O) groups is 2. The van der Waals surface area contributed by atoms with Crippen LogP contribution in [-0.4, -0.2) is 60.2 Å². The molecule has 0 bridgehead atoms. The summed E-state index contributed by atoms with van der Waals surface area (Å²) in [4.78, 5) is 19.6. The van der Waals surface area contributed by atoms with E-state index < -0.39 is 5.97 Å². The van der Waals surface area contributed by atoms with Crippen molar-refractivity contribution in [3.63, 3.8) is 0 Å². The number of aliphatic hydroxyl groups excluding tert-OH is 2. The number of hydrogen-bond donors (Lipinski definition) is 4. The lowest BCUT2D eigenvalue weighted by Gasteiger charge is -1.97. The number of ether oxygens (including phenoxy) is 1. The Bertz CT molecular complexity index is 264. The summed E-state index contributed by atoms with van der Waals surface area (Å²) in [6.45, 7) is 10.2. The van der Waals surface area contributed by atoms with Crippen LogP contribution in [0.3, 0.4) is 0 Å². The van der Waals surface area contributed by atoms with Crippen LogP contribution >= 0.6 is 0 Å². The number of hydrogen-bond acceptors (Lipinski definition) is 6. The van der Waals surface area contributed by atoms with E-state index in [-0.39, 0.29) is 19.2 Å². The first-order chi connectivity index (χ1) is 9.99. The van der Waals surface area contributed by atoms with Crippen LogP contribution in [0.5, 0.6) is 0 Å². The SMILES string of the molecule is C=CC(=O)O.C=CC(=O)OCCCC.OCCNCCO. The summed E-state index contributed by atoms with van der Waals surface area (Å²) in [5.41, 5.74) is 0. The molecule has 0 heterocycles. The minimum absolute atomic E-state index is 0.139. The summed E-state index contributed by atoms with van der Waals surface area (Å²) in [6.07, 6.45) is 3.99. The van der Waals surface area contributed by atoms with Gasteiger partial charge in [0, 0.05) is 25.2 Å². The number of aliphatic carboxylic acids is 1. The van der Waals surface area contributed by atoms with Gasteiger partial charge in [-0.3, -0.25) is 0 Å². The molecule has 0 atom stereocenters. The molecule has 0 aromatic carbocycles. The Labute approximate surface area is 125 Å². The van der Waals surface area contributed by atoms with Gasteiger partial charge in [-0.25, -0.2) is 9.59 Å². The highest BCUT2D eigenvalue weighted by Gasteiger charge is 1.91. The summed E-state index contributed by atoms with van der Waals surface area (Å²) in [7, 11) is 0. The van der Waals surface area contributed by atoms with Crippen molar-refractivity contribution < 1.29 is 29.6 Å². The Kier molecular flexibility index (Phi) is 27.1. The van der Waals surface area contributed by atoms with E-state index in [1.54, 1.807) is 0 Å². The lowest BCUT2D eigenvalue weighted by Crippen LogP contribution is -2.21. The first kappa shape index (κ1) is 24.3. The highest BCUT2D eigenvalue weighted by Crippen LogP contribution is 1.88. The molecule has 0 saturated heterocycles. The summed E-state index contributed by atoms with van der Waals surface area (Å²) in [5, 5.41) is 26.7. The van der Waals surface area contributed by atoms with Crippen molar-refractivity contribution in [1.82, 2.24) is 5.32 Å². The van der Waals surface area contributed by atoms with Crippen LogP contribution in [0.1, 0.15) is 19.8 Å². The molecule has 124 valence electrons. The van der Waals surface area contributed by atoms with Crippen LogP contribution in [0, 0.1) is 0 Å². The average Bonchev–Trinajstić information content (AvgIpc) is 2.49. The average molecular weight is 305 g/mol. The minimum atomic E-state index is -0.981. The zero-order valence-corrected chi connectivity index (χ0v) is 12.6. The molecule has 4 N–H and O–H groups in total. The van der Waals surface area contributed by atoms with E-state index in [0.29, 0.717) is 19.7 Å². The lowest BCUT2D eigenvalue weighted by molar-refractivity contribution is -0.137. The molecular formula is C14H27NO6. The third-order valence-electron chi connectivity index (χ3n) is 1.66. The van der Waals surface area contributed by atoms with E-state index in [2.05, 4.69) is 23.2 Å². The molecule has 21 heavy (non-hydrogen) atoms. The van der Waals surface area contributed by atoms with Crippen molar-refractivity contribution in [1.29, 1.82) is 0 Å². The molecule has 0 aliphatic heterocycles. The molecule has 0 rings (SSSR count). The number of aliphatic hydroxyl groups is 2. The van der Waals surface area contributed by atoms with Crippen LogP contribution in [0.4, 0.5) is 0 Å². The Hall–Kier alpha value is -1.70. The van der Waals surface area contributed by atoms with Gasteiger partial charge in [0.25, 0.3) is 0 Å². The number of carbonyl (C=O) groups excluding carboxylic acids is 1. The number of nitrogens with one attached hydrogen (secondary N) is 1. The molecule has 0 aliphatic carbocycles. The van der Waals surface area contributed by atoms with Gasteiger partial charge in [0.15, 0.2) is 0 Å². The van der Waals surface area contributed by atoms with Crippen molar-refractivity contribution in [2.75, 3.05) is 32.9 Å². The zero-order chi connectivity index (χ0) is 16.9. The van der Waals surface area contributed by atoms with Gasteiger partial charge in [-0.15, -0.1) is 0 Å². The van der Waals surface area contributed by atoms with Crippen molar-refractivity contribution in [2.45, 2.75) is 19.8 Å². The van der Waals surface area contributed by atoms with Crippen LogP contribution in [0.15, 0.2) is 25.3 Å². The molecule has 0 amide bonds. The molecular weight excluding hydrogens is 278 g/mol. The molecule has 0 unspecified atom stereocenters. The van der Waals surface area contributed by atoms with E-state index in [0.717, 1.165) is 18.9 Å². The van der Waals surface area contributed by atoms with Gasteiger partial charge in [-0.1, -0.05) is 26.5 Å². The van der Waals surface area contributed by atoms with E-state index >= 15 is 0 Å². The predicted octanol–water partition coefficient (Wildman–Crippen LogP) is 0.333. The van der Waals surface area contributed by atoms with Crippen molar-refractivity contribution >= 4 is 11.9 Å². The number of rotatable bonds is 9. The third kappa shape index (κ3) is 38.1. The molecule has 0 aromatic heterocycles. The second-order valence-electron chi connectivity index (χ2n) is 3.46. The van der Waals surface area contributed by atoms with Crippen LogP contribution in [0.25, 0.3) is 0 Å². The van der Waals surface area contributed by atoms with Crippen LogP contribution in [0.2, 0.25) is 0 Å². The minimum Gasteiger partial charge on any atom is -0.478 e. The smallest absolute Gasteiger partial charge is 0.330 e. The topological polar surface area (TPSA) is 116 Å². The lowest BCUT2D eigenvalue weighted by atomic mass is 10.4. The standard InChI is InChI=1S/C7H12O2.C4H11NO2.C3H4O2/c1-3-5-6-9-7(8)4-2;6-3-1-5-2-4-7;1-2-3(4)5/h4H,2-3,5-6H2,1H3;5-7H,1-4H2;2H,1H2,(H,4,5). The van der Waals surface area contributed by atoms with Crippen molar-refractivity contribution in [3.8, 4) is 0 Å². The Balaban J connectivity index is -0.000000242.